The monoisotopic (exact) mass is 415 g/mol. The molecule has 0 aliphatic heterocycles. The number of rotatable bonds is 3. The molecule has 0 saturated heterocycles. The van der Waals surface area contributed by atoms with Crippen LogP contribution in [0.4, 0.5) is 10.1 Å². The van der Waals surface area contributed by atoms with Crippen molar-refractivity contribution in [1.29, 1.82) is 0 Å². The summed E-state index contributed by atoms with van der Waals surface area (Å²) in [5, 5.41) is 3.17. The van der Waals surface area contributed by atoms with Gasteiger partial charge in [-0.15, -0.1) is 0 Å². The lowest BCUT2D eigenvalue weighted by Gasteiger charge is -2.19. The van der Waals surface area contributed by atoms with E-state index in [4.69, 9.17) is 4.42 Å². The predicted molar refractivity (Wildman–Crippen MR) is 121 cm³/mol. The summed E-state index contributed by atoms with van der Waals surface area (Å²) in [6, 6.07) is 19.5. The van der Waals surface area contributed by atoms with Gasteiger partial charge in [0, 0.05) is 28.9 Å². The van der Waals surface area contributed by atoms with Crippen LogP contribution in [0.5, 0.6) is 0 Å². The number of hydrogen-bond donors (Lipinski definition) is 1. The van der Waals surface area contributed by atoms with Gasteiger partial charge in [-0.3, -0.25) is 9.59 Å². The fourth-order valence-corrected chi connectivity index (χ4v) is 3.31. The lowest BCUT2D eigenvalue weighted by atomic mass is 9.86. The first-order valence-corrected chi connectivity index (χ1v) is 9.96. The fourth-order valence-electron chi connectivity index (χ4n) is 3.31. The molecule has 0 saturated carbocycles. The van der Waals surface area contributed by atoms with Crippen LogP contribution in [0.25, 0.3) is 22.3 Å². The maximum atomic E-state index is 13.1. The van der Waals surface area contributed by atoms with Crippen LogP contribution in [0.15, 0.2) is 82.0 Å². The van der Waals surface area contributed by atoms with E-state index < -0.39 is 5.82 Å². The van der Waals surface area contributed by atoms with Crippen LogP contribution in [-0.2, 0) is 5.41 Å². The third kappa shape index (κ3) is 4.40. The standard InChI is InChI=1S/C26H22FNO3/c1-26(2,3)18-8-4-16(5-9-18)23-15-22(29)21-13-12-20(14-24(21)31-23)28-25(30)17-6-10-19(27)11-7-17/h4-15H,1-3H3,(H,28,30). The zero-order chi connectivity index (χ0) is 22.2. The third-order valence-corrected chi connectivity index (χ3v) is 5.13. The molecule has 31 heavy (non-hydrogen) atoms. The van der Waals surface area contributed by atoms with Gasteiger partial charge in [0.1, 0.15) is 17.2 Å². The summed E-state index contributed by atoms with van der Waals surface area (Å²) in [7, 11) is 0. The van der Waals surface area contributed by atoms with Crippen LogP contribution in [0.3, 0.4) is 0 Å². The molecule has 0 unspecified atom stereocenters. The van der Waals surface area contributed by atoms with Gasteiger partial charge in [-0.25, -0.2) is 4.39 Å². The number of amides is 1. The van der Waals surface area contributed by atoms with E-state index >= 15 is 0 Å². The Morgan fingerprint density at radius 1 is 0.903 bits per heavy atom. The van der Waals surface area contributed by atoms with Gasteiger partial charge in [-0.05, 0) is 47.4 Å². The van der Waals surface area contributed by atoms with Gasteiger partial charge >= 0.3 is 0 Å². The van der Waals surface area contributed by atoms with E-state index in [0.29, 0.717) is 28.0 Å². The average molecular weight is 415 g/mol. The van der Waals surface area contributed by atoms with E-state index in [1.807, 2.05) is 24.3 Å². The summed E-state index contributed by atoms with van der Waals surface area (Å²) in [6.07, 6.45) is 0. The van der Waals surface area contributed by atoms with Crippen molar-refractivity contribution in [1.82, 2.24) is 0 Å². The Hall–Kier alpha value is -3.73. The van der Waals surface area contributed by atoms with Gasteiger partial charge in [-0.2, -0.15) is 0 Å². The molecule has 0 fully saturated rings. The Balaban J connectivity index is 1.67. The maximum Gasteiger partial charge on any atom is 0.255 e. The summed E-state index contributed by atoms with van der Waals surface area (Å²) in [5.41, 5.74) is 3.03. The predicted octanol–water partition coefficient (Wildman–Crippen LogP) is 6.15. The fraction of sp³-hybridized carbons (Fsp3) is 0.154. The van der Waals surface area contributed by atoms with Crippen LogP contribution in [0.1, 0.15) is 36.7 Å². The minimum atomic E-state index is -0.410. The average Bonchev–Trinajstić information content (AvgIpc) is 2.73. The molecule has 1 amide bonds. The zero-order valence-electron chi connectivity index (χ0n) is 17.5. The lowest BCUT2D eigenvalue weighted by molar-refractivity contribution is 0.102. The highest BCUT2D eigenvalue weighted by molar-refractivity contribution is 6.05. The normalized spacial score (nSPS) is 11.5. The van der Waals surface area contributed by atoms with Crippen LogP contribution in [0.2, 0.25) is 0 Å². The number of nitrogens with one attached hydrogen (secondary N) is 1. The molecular weight excluding hydrogens is 393 g/mol. The Labute approximate surface area is 179 Å². The first-order chi connectivity index (χ1) is 14.7. The quantitative estimate of drug-likeness (QED) is 0.437. The molecule has 1 aromatic heterocycles. The van der Waals surface area contributed by atoms with E-state index in [0.717, 1.165) is 5.56 Å². The molecule has 1 N–H and O–H groups in total. The summed E-state index contributed by atoms with van der Waals surface area (Å²) >= 11 is 0. The molecule has 5 heteroatoms. The van der Waals surface area contributed by atoms with Crippen molar-refractivity contribution < 1.29 is 13.6 Å². The highest BCUT2D eigenvalue weighted by Gasteiger charge is 2.14. The van der Waals surface area contributed by atoms with Crippen molar-refractivity contribution in [2.24, 2.45) is 0 Å². The van der Waals surface area contributed by atoms with E-state index in [2.05, 4.69) is 26.1 Å². The van der Waals surface area contributed by atoms with E-state index in [9.17, 15) is 14.0 Å². The Bertz CT molecular complexity index is 1310. The van der Waals surface area contributed by atoms with Gasteiger partial charge in [0.05, 0.1) is 5.39 Å². The third-order valence-electron chi connectivity index (χ3n) is 5.13. The Morgan fingerprint density at radius 3 is 2.23 bits per heavy atom. The smallest absolute Gasteiger partial charge is 0.255 e. The first-order valence-electron chi connectivity index (χ1n) is 9.96. The molecule has 4 aromatic rings. The van der Waals surface area contributed by atoms with E-state index in [1.165, 1.54) is 35.9 Å². The number of halogens is 1. The number of carbonyl (C=O) groups excluding carboxylic acids is 1. The molecule has 4 rings (SSSR count). The van der Waals surface area contributed by atoms with Gasteiger partial charge < -0.3 is 9.73 Å². The minimum absolute atomic E-state index is 0.0282. The largest absolute Gasteiger partial charge is 0.456 e. The minimum Gasteiger partial charge on any atom is -0.456 e. The number of hydrogen-bond acceptors (Lipinski definition) is 3. The molecule has 1 heterocycles. The van der Waals surface area contributed by atoms with Gasteiger partial charge in [0.2, 0.25) is 0 Å². The van der Waals surface area contributed by atoms with Gasteiger partial charge in [-0.1, -0.05) is 45.0 Å². The number of benzene rings is 3. The van der Waals surface area contributed by atoms with Crippen LogP contribution >= 0.6 is 0 Å². The molecule has 0 spiro atoms. The second-order valence-electron chi connectivity index (χ2n) is 8.47. The highest BCUT2D eigenvalue weighted by Crippen LogP contribution is 2.28. The van der Waals surface area contributed by atoms with Crippen molar-refractivity contribution in [3.8, 4) is 11.3 Å². The Kier molecular flexibility index (Phi) is 5.19. The molecule has 3 aromatic carbocycles. The van der Waals surface area contributed by atoms with E-state index in [1.54, 1.807) is 18.2 Å². The van der Waals surface area contributed by atoms with Crippen molar-refractivity contribution >= 4 is 22.6 Å². The second kappa shape index (κ2) is 7.84. The molecule has 0 aliphatic rings. The summed E-state index contributed by atoms with van der Waals surface area (Å²) in [6.45, 7) is 6.42. The Morgan fingerprint density at radius 2 is 1.58 bits per heavy atom. The van der Waals surface area contributed by atoms with Crippen molar-refractivity contribution in [2.45, 2.75) is 26.2 Å². The van der Waals surface area contributed by atoms with Crippen LogP contribution < -0.4 is 10.7 Å². The van der Waals surface area contributed by atoms with Gasteiger partial charge in [0.15, 0.2) is 5.43 Å². The lowest BCUT2D eigenvalue weighted by Crippen LogP contribution is -2.12. The molecule has 0 radical (unpaired) electrons. The summed E-state index contributed by atoms with van der Waals surface area (Å²) < 4.78 is 19.1. The maximum absolute atomic E-state index is 13.1. The summed E-state index contributed by atoms with van der Waals surface area (Å²) in [5.74, 6) is -0.331. The molecule has 4 nitrogen and oxygen atoms in total. The summed E-state index contributed by atoms with van der Waals surface area (Å²) in [4.78, 5) is 25.0. The number of carbonyl (C=O) groups is 1. The van der Waals surface area contributed by atoms with Crippen molar-refractivity contribution in [2.75, 3.05) is 5.32 Å². The number of anilines is 1. The van der Waals surface area contributed by atoms with Crippen LogP contribution in [-0.4, -0.2) is 5.91 Å². The SMILES string of the molecule is CC(C)(C)c1ccc(-c2cc(=O)c3ccc(NC(=O)c4ccc(F)cc4)cc3o2)cc1. The molecule has 0 bridgehead atoms. The molecule has 156 valence electrons. The second-order valence-corrected chi connectivity index (χ2v) is 8.47. The molecule has 0 atom stereocenters. The van der Waals surface area contributed by atoms with E-state index in [-0.39, 0.29) is 16.8 Å². The van der Waals surface area contributed by atoms with Gasteiger partial charge in [0.25, 0.3) is 5.91 Å². The molecule has 0 aliphatic carbocycles. The van der Waals surface area contributed by atoms with Crippen molar-refractivity contribution in [3.05, 3.63) is 100.0 Å². The topological polar surface area (TPSA) is 59.3 Å². The van der Waals surface area contributed by atoms with Crippen molar-refractivity contribution in [3.63, 3.8) is 0 Å². The highest BCUT2D eigenvalue weighted by atomic mass is 19.1. The molecular formula is C26H22FNO3. The zero-order valence-corrected chi connectivity index (χ0v) is 17.5. The first kappa shape index (κ1) is 20.5. The van der Waals surface area contributed by atoms with Crippen LogP contribution in [0, 0.1) is 5.82 Å². The number of fused-ring (bicyclic) bond motifs is 1.